The summed E-state index contributed by atoms with van der Waals surface area (Å²) in [6.45, 7) is 2.83. The number of benzene rings is 1. The molecular weight excluding hydrogens is 162 g/mol. The molecule has 2 heteroatoms. The van der Waals surface area contributed by atoms with Gasteiger partial charge in [0.25, 0.3) is 0 Å². The second-order valence-corrected chi connectivity index (χ2v) is 3.08. The lowest BCUT2D eigenvalue weighted by molar-refractivity contribution is 0.414. The maximum absolute atomic E-state index is 5.50. The Morgan fingerprint density at radius 3 is 2.46 bits per heavy atom. The fraction of sp³-hybridized carbons (Fsp3) is 0.455. The molecule has 0 radical (unpaired) electrons. The van der Waals surface area contributed by atoms with Crippen LogP contribution in [0.15, 0.2) is 18.2 Å². The first kappa shape index (κ1) is 10.1. The summed E-state index contributed by atoms with van der Waals surface area (Å²) in [5, 5.41) is 0. The number of hydrogen-bond donors (Lipinski definition) is 1. The molecule has 0 aromatic heterocycles. The van der Waals surface area contributed by atoms with Gasteiger partial charge >= 0.3 is 0 Å². The van der Waals surface area contributed by atoms with E-state index in [0.29, 0.717) is 6.54 Å². The Hall–Kier alpha value is -1.02. The van der Waals surface area contributed by atoms with Crippen molar-refractivity contribution in [3.8, 4) is 5.75 Å². The minimum absolute atomic E-state index is 0.691. The molecule has 1 aromatic carbocycles. The average Bonchev–Trinajstić information content (AvgIpc) is 2.17. The average molecular weight is 179 g/mol. The number of rotatable bonds is 4. The molecule has 0 aliphatic rings. The molecule has 0 aliphatic heterocycles. The Morgan fingerprint density at radius 1 is 1.23 bits per heavy atom. The molecule has 0 aliphatic carbocycles. The van der Waals surface area contributed by atoms with Gasteiger partial charge in [0.15, 0.2) is 0 Å². The van der Waals surface area contributed by atoms with Gasteiger partial charge in [0.2, 0.25) is 0 Å². The number of aryl methyl sites for hydroxylation is 1. The van der Waals surface area contributed by atoms with E-state index in [4.69, 9.17) is 10.5 Å². The van der Waals surface area contributed by atoms with Crippen molar-refractivity contribution in [1.82, 2.24) is 0 Å². The Kier molecular flexibility index (Phi) is 3.77. The van der Waals surface area contributed by atoms with E-state index >= 15 is 0 Å². The van der Waals surface area contributed by atoms with Crippen LogP contribution in [0.3, 0.4) is 0 Å². The number of ether oxygens (including phenoxy) is 1. The molecule has 2 nitrogen and oxygen atoms in total. The van der Waals surface area contributed by atoms with Gasteiger partial charge < -0.3 is 10.5 Å². The third kappa shape index (κ3) is 2.74. The summed E-state index contributed by atoms with van der Waals surface area (Å²) < 4.78 is 5.20. The summed E-state index contributed by atoms with van der Waals surface area (Å²) in [6.07, 6.45) is 1.96. The maximum Gasteiger partial charge on any atom is 0.119 e. The summed E-state index contributed by atoms with van der Waals surface area (Å²) in [5.41, 5.74) is 8.07. The molecule has 13 heavy (non-hydrogen) atoms. The molecule has 0 fully saturated rings. The number of hydrogen-bond acceptors (Lipinski definition) is 2. The fourth-order valence-electron chi connectivity index (χ4n) is 1.36. The van der Waals surface area contributed by atoms with Crippen molar-refractivity contribution in [1.29, 1.82) is 0 Å². The lowest BCUT2D eigenvalue weighted by atomic mass is 10.1. The minimum atomic E-state index is 0.691. The monoisotopic (exact) mass is 179 g/mol. The van der Waals surface area contributed by atoms with Gasteiger partial charge in [-0.05, 0) is 42.6 Å². The summed E-state index contributed by atoms with van der Waals surface area (Å²) in [5.74, 6) is 0.933. The molecule has 1 aromatic rings. The van der Waals surface area contributed by atoms with Crippen LogP contribution >= 0.6 is 0 Å². The Labute approximate surface area is 79.7 Å². The van der Waals surface area contributed by atoms with Gasteiger partial charge in [-0.25, -0.2) is 0 Å². The van der Waals surface area contributed by atoms with E-state index in [1.807, 2.05) is 6.07 Å². The highest BCUT2D eigenvalue weighted by Gasteiger charge is 1.99. The standard InChI is InChI=1S/C11H17NO/c1-3-9-6-10(4-5-12)8-11(7-9)13-2/h6-8H,3-5,12H2,1-2H3. The van der Waals surface area contributed by atoms with E-state index < -0.39 is 0 Å². The van der Waals surface area contributed by atoms with Crippen LogP contribution in [0.4, 0.5) is 0 Å². The second kappa shape index (κ2) is 4.87. The van der Waals surface area contributed by atoms with E-state index in [0.717, 1.165) is 18.6 Å². The van der Waals surface area contributed by atoms with Gasteiger partial charge in [0.05, 0.1) is 7.11 Å². The quantitative estimate of drug-likeness (QED) is 0.764. The summed E-state index contributed by atoms with van der Waals surface area (Å²) >= 11 is 0. The topological polar surface area (TPSA) is 35.2 Å². The van der Waals surface area contributed by atoms with Crippen LogP contribution in [0.2, 0.25) is 0 Å². The van der Waals surface area contributed by atoms with E-state index in [9.17, 15) is 0 Å². The molecule has 0 atom stereocenters. The zero-order chi connectivity index (χ0) is 9.68. The second-order valence-electron chi connectivity index (χ2n) is 3.08. The predicted molar refractivity (Wildman–Crippen MR) is 55.1 cm³/mol. The smallest absolute Gasteiger partial charge is 0.119 e. The van der Waals surface area contributed by atoms with Gasteiger partial charge in [0.1, 0.15) is 5.75 Å². The normalized spacial score (nSPS) is 10.1. The zero-order valence-corrected chi connectivity index (χ0v) is 8.34. The van der Waals surface area contributed by atoms with Crippen LogP contribution < -0.4 is 10.5 Å². The molecule has 0 spiro atoms. The molecule has 0 bridgehead atoms. The number of nitrogens with two attached hydrogens (primary N) is 1. The van der Waals surface area contributed by atoms with Crippen molar-refractivity contribution < 1.29 is 4.74 Å². The highest BCUT2D eigenvalue weighted by atomic mass is 16.5. The molecule has 1 rings (SSSR count). The minimum Gasteiger partial charge on any atom is -0.497 e. The number of methoxy groups -OCH3 is 1. The molecule has 0 saturated carbocycles. The predicted octanol–water partition coefficient (Wildman–Crippen LogP) is 1.76. The van der Waals surface area contributed by atoms with Gasteiger partial charge in [0, 0.05) is 0 Å². The van der Waals surface area contributed by atoms with Crippen molar-refractivity contribution in [3.63, 3.8) is 0 Å². The highest BCUT2D eigenvalue weighted by molar-refractivity contribution is 5.34. The van der Waals surface area contributed by atoms with Crippen LogP contribution in [0.5, 0.6) is 5.75 Å². The molecule has 0 unspecified atom stereocenters. The van der Waals surface area contributed by atoms with E-state index in [1.54, 1.807) is 7.11 Å². The first-order valence-electron chi connectivity index (χ1n) is 4.67. The van der Waals surface area contributed by atoms with Crippen molar-refractivity contribution in [2.45, 2.75) is 19.8 Å². The van der Waals surface area contributed by atoms with E-state index in [2.05, 4.69) is 19.1 Å². The van der Waals surface area contributed by atoms with Crippen molar-refractivity contribution in [2.24, 2.45) is 5.73 Å². The molecule has 0 amide bonds. The Morgan fingerprint density at radius 2 is 1.92 bits per heavy atom. The first-order valence-corrected chi connectivity index (χ1v) is 4.67. The Balaban J connectivity index is 2.93. The largest absolute Gasteiger partial charge is 0.497 e. The fourth-order valence-corrected chi connectivity index (χ4v) is 1.36. The van der Waals surface area contributed by atoms with Gasteiger partial charge in [-0.15, -0.1) is 0 Å². The lowest BCUT2D eigenvalue weighted by Crippen LogP contribution is -2.03. The summed E-state index contributed by atoms with van der Waals surface area (Å²) in [6, 6.07) is 6.31. The maximum atomic E-state index is 5.50. The highest BCUT2D eigenvalue weighted by Crippen LogP contribution is 2.17. The molecule has 0 saturated heterocycles. The Bertz CT molecular complexity index is 249. The molecular formula is C11H17NO. The van der Waals surface area contributed by atoms with Gasteiger partial charge in [-0.2, -0.15) is 0 Å². The van der Waals surface area contributed by atoms with Crippen molar-refractivity contribution in [2.75, 3.05) is 13.7 Å². The van der Waals surface area contributed by atoms with E-state index in [1.165, 1.54) is 11.1 Å². The van der Waals surface area contributed by atoms with Gasteiger partial charge in [-0.3, -0.25) is 0 Å². The molecule has 2 N–H and O–H groups in total. The SMILES string of the molecule is CCc1cc(CCN)cc(OC)c1. The molecule has 0 heterocycles. The van der Waals surface area contributed by atoms with Crippen molar-refractivity contribution >= 4 is 0 Å². The summed E-state index contributed by atoms with van der Waals surface area (Å²) in [4.78, 5) is 0. The van der Waals surface area contributed by atoms with Crippen LogP contribution in [0.1, 0.15) is 18.1 Å². The van der Waals surface area contributed by atoms with E-state index in [-0.39, 0.29) is 0 Å². The van der Waals surface area contributed by atoms with Crippen LogP contribution in [-0.2, 0) is 12.8 Å². The zero-order valence-electron chi connectivity index (χ0n) is 8.34. The van der Waals surface area contributed by atoms with Crippen LogP contribution in [0.25, 0.3) is 0 Å². The van der Waals surface area contributed by atoms with Crippen molar-refractivity contribution in [3.05, 3.63) is 29.3 Å². The van der Waals surface area contributed by atoms with Crippen LogP contribution in [0, 0.1) is 0 Å². The third-order valence-electron chi connectivity index (χ3n) is 2.10. The summed E-state index contributed by atoms with van der Waals surface area (Å²) in [7, 11) is 1.70. The third-order valence-corrected chi connectivity index (χ3v) is 2.10. The van der Waals surface area contributed by atoms with Crippen LogP contribution in [-0.4, -0.2) is 13.7 Å². The first-order chi connectivity index (χ1) is 6.30. The van der Waals surface area contributed by atoms with Gasteiger partial charge in [-0.1, -0.05) is 13.0 Å². The lowest BCUT2D eigenvalue weighted by Gasteiger charge is -2.06. The molecule has 72 valence electrons.